The lowest BCUT2D eigenvalue weighted by molar-refractivity contribution is 0.372. The summed E-state index contributed by atoms with van der Waals surface area (Å²) in [5, 5.41) is 4.67. The Morgan fingerprint density at radius 3 is 2.55 bits per heavy atom. The van der Waals surface area contributed by atoms with E-state index in [-0.39, 0.29) is 24.0 Å². The van der Waals surface area contributed by atoms with Crippen LogP contribution in [0.2, 0.25) is 0 Å². The van der Waals surface area contributed by atoms with Crippen molar-refractivity contribution in [1.29, 1.82) is 0 Å². The first kappa shape index (κ1) is 21.3. The van der Waals surface area contributed by atoms with Crippen LogP contribution < -0.4 is 10.2 Å². The smallest absolute Gasteiger partial charge is 0.193 e. The van der Waals surface area contributed by atoms with E-state index in [1.165, 1.54) is 5.39 Å². The zero-order valence-electron chi connectivity index (χ0n) is 16.7. The summed E-state index contributed by atoms with van der Waals surface area (Å²) in [6, 6.07) is 18.5. The summed E-state index contributed by atoms with van der Waals surface area (Å²) in [7, 11) is 1.85. The van der Waals surface area contributed by atoms with Gasteiger partial charge in [0.1, 0.15) is 5.82 Å². The van der Waals surface area contributed by atoms with Gasteiger partial charge in [0, 0.05) is 63.5 Å². The van der Waals surface area contributed by atoms with Crippen LogP contribution in [-0.2, 0) is 6.42 Å². The molecule has 0 amide bonds. The molecule has 0 aliphatic carbocycles. The van der Waals surface area contributed by atoms with Gasteiger partial charge in [-0.1, -0.05) is 30.3 Å². The molecule has 0 unspecified atom stereocenters. The first-order chi connectivity index (χ1) is 13.8. The van der Waals surface area contributed by atoms with Crippen molar-refractivity contribution < 1.29 is 0 Å². The number of piperazine rings is 1. The summed E-state index contributed by atoms with van der Waals surface area (Å²) >= 11 is 0. The lowest BCUT2D eigenvalue weighted by Crippen LogP contribution is -2.53. The largest absolute Gasteiger partial charge is 0.356 e. The maximum atomic E-state index is 4.75. The maximum absolute atomic E-state index is 4.75. The van der Waals surface area contributed by atoms with Crippen LogP contribution in [0.5, 0.6) is 0 Å². The molecule has 1 aliphatic rings. The van der Waals surface area contributed by atoms with Gasteiger partial charge in [-0.15, -0.1) is 24.0 Å². The summed E-state index contributed by atoms with van der Waals surface area (Å²) in [6.07, 6.45) is 2.72. The van der Waals surface area contributed by atoms with E-state index >= 15 is 0 Å². The van der Waals surface area contributed by atoms with Gasteiger partial charge in [-0.2, -0.15) is 0 Å². The van der Waals surface area contributed by atoms with Crippen molar-refractivity contribution in [1.82, 2.24) is 20.2 Å². The van der Waals surface area contributed by atoms with Crippen molar-refractivity contribution >= 4 is 46.7 Å². The number of pyridine rings is 2. The van der Waals surface area contributed by atoms with Crippen LogP contribution in [0, 0.1) is 0 Å². The molecule has 0 bridgehead atoms. The Balaban J connectivity index is 0.00000240. The molecule has 0 radical (unpaired) electrons. The highest BCUT2D eigenvalue weighted by atomic mass is 127. The molecule has 6 nitrogen and oxygen atoms in total. The zero-order valence-corrected chi connectivity index (χ0v) is 19.0. The monoisotopic (exact) mass is 502 g/mol. The molecule has 1 aromatic carbocycles. The lowest BCUT2D eigenvalue weighted by Gasteiger charge is -2.37. The van der Waals surface area contributed by atoms with E-state index in [0.717, 1.165) is 62.1 Å². The minimum absolute atomic E-state index is 0. The maximum Gasteiger partial charge on any atom is 0.193 e. The van der Waals surface area contributed by atoms with Gasteiger partial charge in [0.25, 0.3) is 0 Å². The molecule has 4 rings (SSSR count). The number of aliphatic imine (C=N–C) groups is 1. The number of aromatic nitrogens is 2. The van der Waals surface area contributed by atoms with E-state index in [1.807, 2.05) is 37.5 Å². The number of fused-ring (bicyclic) bond motifs is 1. The SMILES string of the molecule is CN=C(NCCc1ccc2ccccc2n1)N1CCN(c2ccccn2)CC1.I. The van der Waals surface area contributed by atoms with Crippen molar-refractivity contribution in [2.45, 2.75) is 6.42 Å². The fourth-order valence-electron chi connectivity index (χ4n) is 3.57. The third kappa shape index (κ3) is 5.35. The molecule has 0 spiro atoms. The Labute approximate surface area is 189 Å². The van der Waals surface area contributed by atoms with E-state index in [2.05, 4.69) is 55.4 Å². The summed E-state index contributed by atoms with van der Waals surface area (Å²) in [6.45, 7) is 4.58. The number of para-hydroxylation sites is 1. The van der Waals surface area contributed by atoms with Gasteiger partial charge in [-0.3, -0.25) is 9.98 Å². The second-order valence-corrected chi connectivity index (χ2v) is 6.88. The first-order valence-electron chi connectivity index (χ1n) is 9.80. The molecular weight excluding hydrogens is 475 g/mol. The number of guanidine groups is 1. The molecule has 1 saturated heterocycles. The number of hydrogen-bond donors (Lipinski definition) is 1. The van der Waals surface area contributed by atoms with Gasteiger partial charge in [0.05, 0.1) is 5.52 Å². The highest BCUT2D eigenvalue weighted by molar-refractivity contribution is 14.0. The van der Waals surface area contributed by atoms with Gasteiger partial charge in [0.2, 0.25) is 0 Å². The number of hydrogen-bond acceptors (Lipinski definition) is 4. The van der Waals surface area contributed by atoms with E-state index in [0.29, 0.717) is 0 Å². The normalized spacial score (nSPS) is 14.6. The van der Waals surface area contributed by atoms with E-state index in [1.54, 1.807) is 0 Å². The molecule has 1 fully saturated rings. The number of anilines is 1. The second kappa shape index (κ2) is 10.4. The van der Waals surface area contributed by atoms with E-state index < -0.39 is 0 Å². The van der Waals surface area contributed by atoms with Crippen LogP contribution in [0.1, 0.15) is 5.69 Å². The molecule has 1 aliphatic heterocycles. The Kier molecular flexibility index (Phi) is 7.62. The average molecular weight is 502 g/mol. The Morgan fingerprint density at radius 2 is 1.79 bits per heavy atom. The topological polar surface area (TPSA) is 56.7 Å². The molecule has 29 heavy (non-hydrogen) atoms. The van der Waals surface area contributed by atoms with Crippen molar-refractivity contribution in [2.75, 3.05) is 44.7 Å². The standard InChI is InChI=1S/C22H26N6.HI/c1-23-22(28-16-14-27(15-17-28)21-8-4-5-12-24-21)25-13-11-19-10-9-18-6-2-3-7-20(18)26-19;/h2-10,12H,11,13-17H2,1H3,(H,23,25);1H. The molecule has 1 N–H and O–H groups in total. The minimum Gasteiger partial charge on any atom is -0.356 e. The zero-order chi connectivity index (χ0) is 19.2. The van der Waals surface area contributed by atoms with Crippen LogP contribution in [0.15, 0.2) is 65.8 Å². The van der Waals surface area contributed by atoms with Gasteiger partial charge >= 0.3 is 0 Å². The predicted octanol–water partition coefficient (Wildman–Crippen LogP) is 3.19. The van der Waals surface area contributed by atoms with E-state index in [9.17, 15) is 0 Å². The molecule has 7 heteroatoms. The number of benzene rings is 1. The third-order valence-electron chi connectivity index (χ3n) is 5.08. The Hall–Kier alpha value is -2.42. The molecule has 3 heterocycles. The number of nitrogens with zero attached hydrogens (tertiary/aromatic N) is 5. The van der Waals surface area contributed by atoms with E-state index in [4.69, 9.17) is 4.98 Å². The van der Waals surface area contributed by atoms with Crippen molar-refractivity contribution in [3.8, 4) is 0 Å². The van der Waals surface area contributed by atoms with Crippen molar-refractivity contribution in [2.24, 2.45) is 4.99 Å². The van der Waals surface area contributed by atoms with Crippen LogP contribution in [0.4, 0.5) is 5.82 Å². The summed E-state index contributed by atoms with van der Waals surface area (Å²) in [4.78, 5) is 18.3. The van der Waals surface area contributed by atoms with Gasteiger partial charge in [0.15, 0.2) is 5.96 Å². The molecule has 152 valence electrons. The number of rotatable bonds is 4. The summed E-state index contributed by atoms with van der Waals surface area (Å²) < 4.78 is 0. The molecule has 2 aromatic heterocycles. The molecule has 0 atom stereocenters. The van der Waals surface area contributed by atoms with Gasteiger partial charge in [-0.25, -0.2) is 4.98 Å². The van der Waals surface area contributed by atoms with Crippen LogP contribution in [-0.4, -0.2) is 60.6 Å². The minimum atomic E-state index is 0. The third-order valence-corrected chi connectivity index (χ3v) is 5.08. The lowest BCUT2D eigenvalue weighted by atomic mass is 10.2. The number of nitrogens with one attached hydrogen (secondary N) is 1. The summed E-state index contributed by atoms with van der Waals surface area (Å²) in [5.74, 6) is 2.01. The van der Waals surface area contributed by atoms with Crippen molar-refractivity contribution in [3.05, 3.63) is 66.5 Å². The van der Waals surface area contributed by atoms with Gasteiger partial charge < -0.3 is 15.1 Å². The Bertz CT molecular complexity index is 938. The van der Waals surface area contributed by atoms with Crippen LogP contribution in [0.3, 0.4) is 0 Å². The predicted molar refractivity (Wildman–Crippen MR) is 130 cm³/mol. The molecular formula is C22H27IN6. The quantitative estimate of drug-likeness (QED) is 0.338. The fourth-order valence-corrected chi connectivity index (χ4v) is 3.57. The number of halogens is 1. The summed E-state index contributed by atoms with van der Waals surface area (Å²) in [5.41, 5.74) is 2.15. The average Bonchev–Trinajstić information content (AvgIpc) is 2.77. The van der Waals surface area contributed by atoms with Gasteiger partial charge in [-0.05, 0) is 24.3 Å². The first-order valence-corrected chi connectivity index (χ1v) is 9.80. The molecule has 0 saturated carbocycles. The van der Waals surface area contributed by atoms with Crippen LogP contribution in [0.25, 0.3) is 10.9 Å². The van der Waals surface area contributed by atoms with Crippen LogP contribution >= 0.6 is 24.0 Å². The second-order valence-electron chi connectivity index (χ2n) is 6.88. The molecule has 3 aromatic rings. The fraction of sp³-hybridized carbons (Fsp3) is 0.318. The Morgan fingerprint density at radius 1 is 1.00 bits per heavy atom. The highest BCUT2D eigenvalue weighted by Crippen LogP contribution is 2.13. The highest BCUT2D eigenvalue weighted by Gasteiger charge is 2.20. The van der Waals surface area contributed by atoms with Crippen molar-refractivity contribution in [3.63, 3.8) is 0 Å².